The molecule has 0 spiro atoms. The lowest BCUT2D eigenvalue weighted by Crippen LogP contribution is -2.04. The average molecular weight is 264 g/mol. The number of fused-ring (bicyclic) bond motifs is 1. The zero-order valence-corrected chi connectivity index (χ0v) is 11.4. The van der Waals surface area contributed by atoms with Gasteiger partial charge in [0, 0.05) is 42.3 Å². The summed E-state index contributed by atoms with van der Waals surface area (Å²) in [5.74, 6) is 0.813. The number of rotatable bonds is 4. The van der Waals surface area contributed by atoms with Gasteiger partial charge in [-0.2, -0.15) is 0 Å². The summed E-state index contributed by atoms with van der Waals surface area (Å²) in [6.45, 7) is 3.01. The van der Waals surface area contributed by atoms with Crippen LogP contribution in [-0.4, -0.2) is 21.5 Å². The minimum atomic E-state index is 0.813. The number of nitrogens with one attached hydrogen (secondary N) is 1. The van der Waals surface area contributed by atoms with Gasteiger partial charge in [0.25, 0.3) is 0 Å². The molecule has 2 heterocycles. The Balaban J connectivity index is 2.16. The van der Waals surface area contributed by atoms with Gasteiger partial charge in [0.1, 0.15) is 5.69 Å². The van der Waals surface area contributed by atoms with Crippen molar-refractivity contribution in [3.8, 4) is 11.3 Å². The van der Waals surface area contributed by atoms with Crippen LogP contribution in [0.1, 0.15) is 13.3 Å². The van der Waals surface area contributed by atoms with E-state index in [0.717, 1.165) is 40.8 Å². The fourth-order valence-corrected chi connectivity index (χ4v) is 2.21. The maximum Gasteiger partial charge on any atom is 0.152 e. The Morgan fingerprint density at radius 3 is 2.80 bits per heavy atom. The highest BCUT2D eigenvalue weighted by Gasteiger charge is 2.10. The van der Waals surface area contributed by atoms with Gasteiger partial charge in [0.2, 0.25) is 0 Å². The summed E-state index contributed by atoms with van der Waals surface area (Å²) in [6.07, 6.45) is 8.19. The van der Waals surface area contributed by atoms with E-state index >= 15 is 0 Å². The van der Waals surface area contributed by atoms with E-state index in [0.29, 0.717) is 0 Å². The van der Waals surface area contributed by atoms with Crippen LogP contribution >= 0.6 is 0 Å². The average Bonchev–Trinajstić information content (AvgIpc) is 2.53. The van der Waals surface area contributed by atoms with Crippen molar-refractivity contribution in [2.24, 2.45) is 0 Å². The van der Waals surface area contributed by atoms with Gasteiger partial charge in [-0.05, 0) is 11.8 Å². The van der Waals surface area contributed by atoms with Crippen molar-refractivity contribution in [1.82, 2.24) is 15.0 Å². The van der Waals surface area contributed by atoms with E-state index in [4.69, 9.17) is 0 Å². The number of aromatic nitrogens is 3. The Hall–Kier alpha value is -2.49. The van der Waals surface area contributed by atoms with Crippen molar-refractivity contribution in [2.45, 2.75) is 13.3 Å². The number of benzene rings is 1. The van der Waals surface area contributed by atoms with Crippen LogP contribution < -0.4 is 5.32 Å². The van der Waals surface area contributed by atoms with E-state index < -0.39 is 0 Å². The van der Waals surface area contributed by atoms with E-state index in [1.54, 1.807) is 12.4 Å². The van der Waals surface area contributed by atoms with Crippen LogP contribution in [0.15, 0.2) is 49.1 Å². The Labute approximate surface area is 117 Å². The van der Waals surface area contributed by atoms with E-state index in [1.165, 1.54) is 0 Å². The second kappa shape index (κ2) is 5.65. The third-order valence-electron chi connectivity index (χ3n) is 3.16. The van der Waals surface area contributed by atoms with Crippen molar-refractivity contribution in [3.05, 3.63) is 49.1 Å². The molecule has 100 valence electrons. The fraction of sp³-hybridized carbons (Fsp3) is 0.188. The number of hydrogen-bond donors (Lipinski definition) is 1. The minimum absolute atomic E-state index is 0.813. The second-order valence-electron chi connectivity index (χ2n) is 4.59. The predicted octanol–water partition coefficient (Wildman–Crippen LogP) is 3.51. The van der Waals surface area contributed by atoms with Crippen LogP contribution in [0.3, 0.4) is 0 Å². The normalized spacial score (nSPS) is 10.7. The minimum Gasteiger partial charge on any atom is -0.368 e. The van der Waals surface area contributed by atoms with Crippen LogP contribution in [0, 0.1) is 0 Å². The molecule has 0 saturated carbocycles. The SMILES string of the molecule is CCCNc1nccnc1-c1cncc2ccccc12. The van der Waals surface area contributed by atoms with Crippen LogP contribution in [0.2, 0.25) is 0 Å². The van der Waals surface area contributed by atoms with Crippen molar-refractivity contribution in [2.75, 3.05) is 11.9 Å². The molecule has 20 heavy (non-hydrogen) atoms. The number of nitrogens with zero attached hydrogens (tertiary/aromatic N) is 3. The lowest BCUT2D eigenvalue weighted by Gasteiger charge is -2.10. The standard InChI is InChI=1S/C16H16N4/c1-2-7-19-16-15(18-8-9-20-16)14-11-17-10-12-5-3-4-6-13(12)14/h3-6,8-11H,2,7H2,1H3,(H,19,20). The molecule has 4 heteroatoms. The number of pyridine rings is 1. The maximum absolute atomic E-state index is 4.49. The number of anilines is 1. The highest BCUT2D eigenvalue weighted by Crippen LogP contribution is 2.29. The summed E-state index contributed by atoms with van der Waals surface area (Å²) in [4.78, 5) is 13.2. The van der Waals surface area contributed by atoms with E-state index in [-0.39, 0.29) is 0 Å². The van der Waals surface area contributed by atoms with Crippen molar-refractivity contribution in [3.63, 3.8) is 0 Å². The first kappa shape index (κ1) is 12.5. The van der Waals surface area contributed by atoms with Crippen LogP contribution in [0.25, 0.3) is 22.0 Å². The summed E-state index contributed by atoms with van der Waals surface area (Å²) >= 11 is 0. The lowest BCUT2D eigenvalue weighted by atomic mass is 10.1. The molecule has 0 unspecified atom stereocenters. The lowest BCUT2D eigenvalue weighted by molar-refractivity contribution is 0.966. The van der Waals surface area contributed by atoms with Crippen molar-refractivity contribution >= 4 is 16.6 Å². The molecule has 0 fully saturated rings. The summed E-state index contributed by atoms with van der Waals surface area (Å²) in [6, 6.07) is 8.19. The molecule has 0 aliphatic carbocycles. The summed E-state index contributed by atoms with van der Waals surface area (Å²) in [5, 5.41) is 5.57. The van der Waals surface area contributed by atoms with Gasteiger partial charge in [-0.25, -0.2) is 4.98 Å². The van der Waals surface area contributed by atoms with Crippen LogP contribution in [0.5, 0.6) is 0 Å². The molecule has 1 N–H and O–H groups in total. The second-order valence-corrected chi connectivity index (χ2v) is 4.59. The van der Waals surface area contributed by atoms with Crippen molar-refractivity contribution < 1.29 is 0 Å². The fourth-order valence-electron chi connectivity index (χ4n) is 2.21. The molecule has 0 amide bonds. The predicted molar refractivity (Wildman–Crippen MR) is 81.5 cm³/mol. The van der Waals surface area contributed by atoms with Gasteiger partial charge in [-0.1, -0.05) is 31.2 Å². The first-order valence-electron chi connectivity index (χ1n) is 6.78. The first-order valence-corrected chi connectivity index (χ1v) is 6.78. The van der Waals surface area contributed by atoms with Gasteiger partial charge in [0.05, 0.1) is 0 Å². The van der Waals surface area contributed by atoms with Gasteiger partial charge in [0.15, 0.2) is 5.82 Å². The largest absolute Gasteiger partial charge is 0.368 e. The van der Waals surface area contributed by atoms with Crippen LogP contribution in [0.4, 0.5) is 5.82 Å². The van der Waals surface area contributed by atoms with Gasteiger partial charge < -0.3 is 5.32 Å². The molecule has 0 aliphatic rings. The highest BCUT2D eigenvalue weighted by molar-refractivity contribution is 5.96. The molecule has 0 aliphatic heterocycles. The highest BCUT2D eigenvalue weighted by atomic mass is 15.0. The molecule has 0 bridgehead atoms. The smallest absolute Gasteiger partial charge is 0.152 e. The molecule has 0 radical (unpaired) electrons. The molecule has 1 aromatic carbocycles. The summed E-state index contributed by atoms with van der Waals surface area (Å²) < 4.78 is 0. The number of hydrogen-bond acceptors (Lipinski definition) is 4. The van der Waals surface area contributed by atoms with Gasteiger partial charge in [-0.3, -0.25) is 9.97 Å². The first-order chi connectivity index (χ1) is 9.90. The Bertz CT molecular complexity index is 719. The Kier molecular flexibility index (Phi) is 3.54. The van der Waals surface area contributed by atoms with Crippen molar-refractivity contribution in [1.29, 1.82) is 0 Å². The quantitative estimate of drug-likeness (QED) is 0.783. The molecule has 3 rings (SSSR count). The molecule has 3 aromatic rings. The molecule has 4 nitrogen and oxygen atoms in total. The Morgan fingerprint density at radius 2 is 1.90 bits per heavy atom. The topological polar surface area (TPSA) is 50.7 Å². The Morgan fingerprint density at radius 1 is 1.05 bits per heavy atom. The molecular weight excluding hydrogens is 248 g/mol. The van der Waals surface area contributed by atoms with Gasteiger partial charge in [-0.15, -0.1) is 0 Å². The maximum atomic E-state index is 4.49. The van der Waals surface area contributed by atoms with E-state index in [9.17, 15) is 0 Å². The van der Waals surface area contributed by atoms with E-state index in [2.05, 4.69) is 39.3 Å². The third kappa shape index (κ3) is 2.32. The summed E-state index contributed by atoms with van der Waals surface area (Å²) in [5.41, 5.74) is 1.86. The molecule has 0 saturated heterocycles. The molecular formula is C16H16N4. The van der Waals surface area contributed by atoms with Crippen LogP contribution in [-0.2, 0) is 0 Å². The summed E-state index contributed by atoms with van der Waals surface area (Å²) in [7, 11) is 0. The molecule has 2 aromatic heterocycles. The third-order valence-corrected chi connectivity index (χ3v) is 3.16. The monoisotopic (exact) mass is 264 g/mol. The van der Waals surface area contributed by atoms with E-state index in [1.807, 2.05) is 24.5 Å². The zero-order valence-electron chi connectivity index (χ0n) is 11.4. The zero-order chi connectivity index (χ0) is 13.8. The molecule has 0 atom stereocenters. The van der Waals surface area contributed by atoms with Gasteiger partial charge >= 0.3 is 0 Å².